The molecule has 2 aromatic carbocycles. The molecule has 0 spiro atoms. The van der Waals surface area contributed by atoms with Crippen LogP contribution in [0.25, 0.3) is 11.0 Å². The third-order valence-corrected chi connectivity index (χ3v) is 8.34. The van der Waals surface area contributed by atoms with Gasteiger partial charge in [0.1, 0.15) is 22.9 Å². The second-order valence-corrected chi connectivity index (χ2v) is 13.0. The number of carbonyl (C=O) groups is 3. The molecule has 0 amide bonds. The lowest BCUT2D eigenvalue weighted by atomic mass is 9.65. The molecule has 2 heterocycles. The Morgan fingerprint density at radius 3 is 2.00 bits per heavy atom. The topological polar surface area (TPSA) is 73.6 Å². The molecule has 40 heavy (non-hydrogen) atoms. The van der Waals surface area contributed by atoms with E-state index >= 15 is 0 Å². The van der Waals surface area contributed by atoms with Gasteiger partial charge < -0.3 is 9.15 Å². The van der Waals surface area contributed by atoms with E-state index < -0.39 is 11.7 Å². The Morgan fingerprint density at radius 2 is 1.45 bits per heavy atom. The van der Waals surface area contributed by atoms with Gasteiger partial charge in [-0.15, -0.1) is 0 Å². The molecule has 0 bridgehead atoms. The molecule has 6 heteroatoms. The Labute approximate surface area is 233 Å². The number of rotatable bonds is 4. The quantitative estimate of drug-likeness (QED) is 0.316. The van der Waals surface area contributed by atoms with Crippen molar-refractivity contribution >= 4 is 28.3 Å². The highest BCUT2D eigenvalue weighted by Gasteiger charge is 2.48. The lowest BCUT2D eigenvalue weighted by Crippen LogP contribution is -2.37. The summed E-state index contributed by atoms with van der Waals surface area (Å²) in [5, 5.41) is 0.725. The van der Waals surface area contributed by atoms with Crippen LogP contribution in [0.3, 0.4) is 0 Å². The largest absolute Gasteiger partial charge is 0.465 e. The third-order valence-electron chi connectivity index (χ3n) is 8.34. The first kappa shape index (κ1) is 26.4. The lowest BCUT2D eigenvalue weighted by Gasteiger charge is -2.42. The molecule has 1 aliphatic heterocycles. The molecule has 0 unspecified atom stereocenters. The van der Waals surface area contributed by atoms with Crippen molar-refractivity contribution in [1.82, 2.24) is 0 Å². The van der Waals surface area contributed by atoms with Crippen LogP contribution in [0.2, 0.25) is 0 Å². The van der Waals surface area contributed by atoms with Crippen LogP contribution in [0.5, 0.6) is 0 Å². The number of halogens is 1. The Kier molecular flexibility index (Phi) is 6.02. The van der Waals surface area contributed by atoms with E-state index in [2.05, 4.69) is 27.7 Å². The second-order valence-electron chi connectivity index (χ2n) is 13.0. The molecule has 0 radical (unpaired) electrons. The summed E-state index contributed by atoms with van der Waals surface area (Å²) in [5.41, 5.74) is 3.34. The van der Waals surface area contributed by atoms with Gasteiger partial charge in [0, 0.05) is 53.7 Å². The predicted octanol–water partition coefficient (Wildman–Crippen LogP) is 7.77. The maximum atomic E-state index is 13.7. The van der Waals surface area contributed by atoms with Gasteiger partial charge in [-0.3, -0.25) is 14.4 Å². The average molecular weight is 541 g/mol. The van der Waals surface area contributed by atoms with Gasteiger partial charge in [-0.05, 0) is 64.8 Å². The van der Waals surface area contributed by atoms with E-state index in [4.69, 9.17) is 9.15 Å². The van der Waals surface area contributed by atoms with E-state index in [-0.39, 0.29) is 33.9 Å². The van der Waals surface area contributed by atoms with Crippen molar-refractivity contribution in [3.8, 4) is 0 Å². The number of aryl methyl sites for hydroxylation is 1. The Bertz CT molecular complexity index is 1610. The molecular formula is C34H33FO5. The summed E-state index contributed by atoms with van der Waals surface area (Å²) in [6.07, 6.45) is 2.66. The molecule has 206 valence electrons. The number of hydrogen-bond donors (Lipinski definition) is 0. The molecule has 2 aliphatic carbocycles. The van der Waals surface area contributed by atoms with E-state index in [0.717, 1.165) is 16.5 Å². The van der Waals surface area contributed by atoms with E-state index in [0.29, 0.717) is 65.9 Å². The summed E-state index contributed by atoms with van der Waals surface area (Å²) in [7, 11) is 0. The number of Topliss-reactive ketones (excluding diaryl/α,β-unsaturated/α-hetero) is 2. The minimum Gasteiger partial charge on any atom is -0.465 e. The first-order valence-corrected chi connectivity index (χ1v) is 13.9. The summed E-state index contributed by atoms with van der Waals surface area (Å²) < 4.78 is 25.9. The number of fused-ring (bicyclic) bond motifs is 1. The maximum Gasteiger partial charge on any atom is 0.228 e. The van der Waals surface area contributed by atoms with Gasteiger partial charge in [0.2, 0.25) is 5.78 Å². The third kappa shape index (κ3) is 4.43. The zero-order valence-corrected chi connectivity index (χ0v) is 23.6. The predicted molar refractivity (Wildman–Crippen MR) is 149 cm³/mol. The summed E-state index contributed by atoms with van der Waals surface area (Å²) in [6, 6.07) is 11.0. The highest BCUT2D eigenvalue weighted by atomic mass is 19.1. The molecule has 6 rings (SSSR count). The summed E-state index contributed by atoms with van der Waals surface area (Å²) >= 11 is 0. The monoisotopic (exact) mass is 540 g/mol. The molecule has 1 aromatic heterocycles. The van der Waals surface area contributed by atoms with Crippen LogP contribution in [0.4, 0.5) is 4.39 Å². The summed E-state index contributed by atoms with van der Waals surface area (Å²) in [4.78, 5) is 40.5. The van der Waals surface area contributed by atoms with Crippen LogP contribution >= 0.6 is 0 Å². The van der Waals surface area contributed by atoms with Gasteiger partial charge in [-0.25, -0.2) is 4.39 Å². The minimum absolute atomic E-state index is 0.0120. The van der Waals surface area contributed by atoms with Crippen molar-refractivity contribution in [2.24, 2.45) is 10.8 Å². The van der Waals surface area contributed by atoms with Gasteiger partial charge in [-0.1, -0.05) is 40.7 Å². The van der Waals surface area contributed by atoms with Crippen LogP contribution in [-0.2, 0) is 20.7 Å². The van der Waals surface area contributed by atoms with Crippen molar-refractivity contribution in [2.75, 3.05) is 0 Å². The minimum atomic E-state index is -0.521. The van der Waals surface area contributed by atoms with Crippen molar-refractivity contribution in [3.05, 3.63) is 93.4 Å². The van der Waals surface area contributed by atoms with Gasteiger partial charge in [0.25, 0.3) is 0 Å². The fourth-order valence-electron chi connectivity index (χ4n) is 6.54. The molecule has 0 saturated carbocycles. The fourth-order valence-corrected chi connectivity index (χ4v) is 6.54. The number of carbonyl (C=O) groups excluding carboxylic acids is 3. The standard InChI is InChI=1S/C34H33FO5/c1-6-18-11-20(12-21-13-25(40-32(18)21)31(38)19-7-9-22(35)10-8-19)28-29-23(36)14-33(2,3)16-26(29)39-27-17-34(4,5)15-24(37)30(27)28/h7-13,28H,6,14-17H2,1-5H3. The molecular weight excluding hydrogens is 507 g/mol. The van der Waals surface area contributed by atoms with Crippen molar-refractivity contribution in [2.45, 2.75) is 72.6 Å². The zero-order valence-electron chi connectivity index (χ0n) is 23.6. The summed E-state index contributed by atoms with van der Waals surface area (Å²) in [5.74, 6) is 0.254. The Morgan fingerprint density at radius 1 is 0.875 bits per heavy atom. The van der Waals surface area contributed by atoms with E-state index in [1.807, 2.05) is 19.1 Å². The first-order valence-electron chi connectivity index (χ1n) is 13.9. The fraction of sp³-hybridized carbons (Fsp3) is 0.382. The van der Waals surface area contributed by atoms with E-state index in [1.54, 1.807) is 6.07 Å². The molecule has 3 aliphatic rings. The van der Waals surface area contributed by atoms with Crippen LogP contribution in [0.1, 0.15) is 93.5 Å². The number of ketones is 3. The number of benzene rings is 2. The Hall–Kier alpha value is -3.80. The first-order chi connectivity index (χ1) is 18.9. The number of ether oxygens (including phenoxy) is 1. The smallest absolute Gasteiger partial charge is 0.228 e. The van der Waals surface area contributed by atoms with Crippen LogP contribution in [0, 0.1) is 16.6 Å². The average Bonchev–Trinajstić information content (AvgIpc) is 3.29. The normalized spacial score (nSPS) is 20.4. The molecule has 0 fully saturated rings. The number of hydrogen-bond acceptors (Lipinski definition) is 5. The SMILES string of the molecule is CCc1cc(C2C3=C(CC(C)(C)CC3=O)OC3=C2C(=O)CC(C)(C)C3)cc2cc(C(=O)c3ccc(F)cc3)oc12. The van der Waals surface area contributed by atoms with Crippen molar-refractivity contribution < 1.29 is 27.9 Å². The maximum absolute atomic E-state index is 13.7. The highest BCUT2D eigenvalue weighted by molar-refractivity contribution is 6.09. The number of allylic oxidation sites excluding steroid dienone is 4. The van der Waals surface area contributed by atoms with Crippen molar-refractivity contribution in [3.63, 3.8) is 0 Å². The van der Waals surface area contributed by atoms with Gasteiger partial charge in [0.15, 0.2) is 17.3 Å². The number of furan rings is 1. The molecule has 0 N–H and O–H groups in total. The summed E-state index contributed by atoms with van der Waals surface area (Å²) in [6.45, 7) is 10.3. The molecule has 0 atom stereocenters. The van der Waals surface area contributed by atoms with Crippen LogP contribution < -0.4 is 0 Å². The lowest BCUT2D eigenvalue weighted by molar-refractivity contribution is -0.120. The van der Waals surface area contributed by atoms with Gasteiger partial charge in [0.05, 0.1) is 0 Å². The van der Waals surface area contributed by atoms with Gasteiger partial charge in [-0.2, -0.15) is 0 Å². The highest BCUT2D eigenvalue weighted by Crippen LogP contribution is 2.53. The van der Waals surface area contributed by atoms with E-state index in [9.17, 15) is 18.8 Å². The zero-order chi connectivity index (χ0) is 28.6. The van der Waals surface area contributed by atoms with E-state index in [1.165, 1.54) is 24.3 Å². The molecule has 0 saturated heterocycles. The second kappa shape index (κ2) is 9.12. The molecule has 3 aromatic rings. The molecule has 5 nitrogen and oxygen atoms in total. The van der Waals surface area contributed by atoms with Gasteiger partial charge >= 0.3 is 0 Å². The van der Waals surface area contributed by atoms with Crippen LogP contribution in [-0.4, -0.2) is 17.3 Å². The van der Waals surface area contributed by atoms with Crippen LogP contribution in [0.15, 0.2) is 69.5 Å². The van der Waals surface area contributed by atoms with Crippen molar-refractivity contribution in [1.29, 1.82) is 0 Å². The Balaban J connectivity index is 1.52.